The van der Waals surface area contributed by atoms with Crippen molar-refractivity contribution < 1.29 is 12.8 Å². The van der Waals surface area contributed by atoms with Crippen molar-refractivity contribution in [3.8, 4) is 0 Å². The topological polar surface area (TPSA) is 83.7 Å². The lowest BCUT2D eigenvalue weighted by atomic mass is 10.2. The minimum Gasteiger partial charge on any atom is -0.339 e. The third kappa shape index (κ3) is 3.40. The lowest BCUT2D eigenvalue weighted by Crippen LogP contribution is -2.49. The molecule has 0 N–H and O–H groups in total. The number of benzene rings is 2. The molecule has 11 heteroatoms. The fourth-order valence-electron chi connectivity index (χ4n) is 3.82. The maximum Gasteiger partial charge on any atom is 0.243 e. The molecular weight excluding hydrogens is 443 g/mol. The SMILES string of the molecule is Cc1nnc2c3ccc(Cl)cc3nc(N3CCN(S(=O)(=O)c4ccc(F)cc4)CC3)n12. The van der Waals surface area contributed by atoms with E-state index in [1.165, 1.54) is 16.4 Å². The van der Waals surface area contributed by atoms with Crippen molar-refractivity contribution in [2.24, 2.45) is 0 Å². The van der Waals surface area contributed by atoms with Crippen molar-refractivity contribution in [1.82, 2.24) is 23.9 Å². The summed E-state index contributed by atoms with van der Waals surface area (Å²) in [6, 6.07) is 10.3. The molecule has 5 rings (SSSR count). The number of hydrogen-bond acceptors (Lipinski definition) is 6. The Bertz CT molecular complexity index is 1400. The van der Waals surface area contributed by atoms with Crippen molar-refractivity contribution in [3.05, 3.63) is 59.1 Å². The highest BCUT2D eigenvalue weighted by Gasteiger charge is 2.30. The second kappa shape index (κ2) is 7.40. The number of hydrogen-bond donors (Lipinski definition) is 0. The molecule has 0 radical (unpaired) electrons. The Labute approximate surface area is 182 Å². The summed E-state index contributed by atoms with van der Waals surface area (Å²) in [6.45, 7) is 3.27. The normalized spacial score (nSPS) is 15.8. The second-order valence-electron chi connectivity index (χ2n) is 7.32. The zero-order chi connectivity index (χ0) is 21.8. The average Bonchev–Trinajstić information content (AvgIpc) is 3.15. The van der Waals surface area contributed by atoms with Gasteiger partial charge in [0.2, 0.25) is 16.0 Å². The van der Waals surface area contributed by atoms with Crippen LogP contribution in [0.3, 0.4) is 0 Å². The minimum absolute atomic E-state index is 0.0814. The van der Waals surface area contributed by atoms with Gasteiger partial charge in [0.25, 0.3) is 0 Å². The van der Waals surface area contributed by atoms with Crippen molar-refractivity contribution in [2.45, 2.75) is 11.8 Å². The van der Waals surface area contributed by atoms with Crippen LogP contribution in [0.2, 0.25) is 5.02 Å². The van der Waals surface area contributed by atoms with Crippen LogP contribution in [0.4, 0.5) is 10.3 Å². The van der Waals surface area contributed by atoms with Gasteiger partial charge < -0.3 is 4.90 Å². The maximum atomic E-state index is 13.2. The summed E-state index contributed by atoms with van der Waals surface area (Å²) in [5.74, 6) is 0.862. The van der Waals surface area contributed by atoms with Gasteiger partial charge in [-0.25, -0.2) is 22.2 Å². The summed E-state index contributed by atoms with van der Waals surface area (Å²) in [6.07, 6.45) is 0. The molecule has 2 aromatic carbocycles. The van der Waals surface area contributed by atoms with E-state index in [1.54, 1.807) is 12.1 Å². The number of piperazine rings is 1. The van der Waals surface area contributed by atoms with Crippen LogP contribution < -0.4 is 4.90 Å². The quantitative estimate of drug-likeness (QED) is 0.467. The Morgan fingerprint density at radius 3 is 2.42 bits per heavy atom. The van der Waals surface area contributed by atoms with Crippen molar-refractivity contribution in [2.75, 3.05) is 31.1 Å². The van der Waals surface area contributed by atoms with E-state index in [0.29, 0.717) is 41.0 Å². The number of rotatable bonds is 3. The number of sulfonamides is 1. The Morgan fingerprint density at radius 1 is 1.00 bits per heavy atom. The summed E-state index contributed by atoms with van der Waals surface area (Å²) in [7, 11) is -3.69. The predicted octanol–water partition coefficient (Wildman–Crippen LogP) is 2.89. The molecule has 0 spiro atoms. The van der Waals surface area contributed by atoms with Gasteiger partial charge in [-0.15, -0.1) is 10.2 Å². The summed E-state index contributed by atoms with van der Waals surface area (Å²) in [5.41, 5.74) is 1.37. The number of anilines is 1. The molecule has 0 aliphatic carbocycles. The highest BCUT2D eigenvalue weighted by Crippen LogP contribution is 2.27. The van der Waals surface area contributed by atoms with Gasteiger partial charge in [0.1, 0.15) is 11.6 Å². The van der Waals surface area contributed by atoms with Gasteiger partial charge in [0.05, 0.1) is 10.4 Å². The zero-order valence-corrected chi connectivity index (χ0v) is 18.1. The lowest BCUT2D eigenvalue weighted by Gasteiger charge is -2.34. The summed E-state index contributed by atoms with van der Waals surface area (Å²) < 4.78 is 42.3. The van der Waals surface area contributed by atoms with Gasteiger partial charge in [0, 0.05) is 36.6 Å². The van der Waals surface area contributed by atoms with Crippen molar-refractivity contribution in [3.63, 3.8) is 0 Å². The first-order valence-electron chi connectivity index (χ1n) is 9.66. The highest BCUT2D eigenvalue weighted by atomic mass is 35.5. The van der Waals surface area contributed by atoms with Crippen LogP contribution in [0, 0.1) is 12.7 Å². The fraction of sp³-hybridized carbons (Fsp3) is 0.250. The number of fused-ring (bicyclic) bond motifs is 3. The van der Waals surface area contributed by atoms with Crippen molar-refractivity contribution in [1.29, 1.82) is 0 Å². The third-order valence-electron chi connectivity index (χ3n) is 5.42. The van der Waals surface area contributed by atoms with Gasteiger partial charge >= 0.3 is 0 Å². The van der Waals surface area contributed by atoms with Crippen LogP contribution in [-0.2, 0) is 10.0 Å². The molecule has 0 atom stereocenters. The molecule has 0 bridgehead atoms. The van der Waals surface area contributed by atoms with Crippen LogP contribution in [0.15, 0.2) is 47.4 Å². The maximum absolute atomic E-state index is 13.2. The van der Waals surface area contributed by atoms with E-state index in [4.69, 9.17) is 16.6 Å². The van der Waals surface area contributed by atoms with Gasteiger partial charge in [0.15, 0.2) is 5.65 Å². The molecule has 0 unspecified atom stereocenters. The molecule has 31 heavy (non-hydrogen) atoms. The number of nitrogens with zero attached hydrogens (tertiary/aromatic N) is 6. The Hall–Kier alpha value is -2.82. The molecule has 4 aromatic rings. The molecule has 1 saturated heterocycles. The first kappa shape index (κ1) is 20.1. The summed E-state index contributed by atoms with van der Waals surface area (Å²) in [4.78, 5) is 6.89. The van der Waals surface area contributed by atoms with Crippen LogP contribution in [-0.4, -0.2) is 58.5 Å². The Balaban J connectivity index is 1.47. The Morgan fingerprint density at radius 2 is 1.71 bits per heavy atom. The largest absolute Gasteiger partial charge is 0.339 e. The van der Waals surface area contributed by atoms with E-state index in [-0.39, 0.29) is 18.0 Å². The van der Waals surface area contributed by atoms with Gasteiger partial charge in [-0.1, -0.05) is 11.6 Å². The van der Waals surface area contributed by atoms with Crippen LogP contribution >= 0.6 is 11.6 Å². The molecule has 0 amide bonds. The highest BCUT2D eigenvalue weighted by molar-refractivity contribution is 7.89. The van der Waals surface area contributed by atoms with E-state index in [0.717, 1.165) is 17.5 Å². The first-order valence-corrected chi connectivity index (χ1v) is 11.5. The molecule has 3 heterocycles. The molecule has 1 fully saturated rings. The predicted molar refractivity (Wildman–Crippen MR) is 115 cm³/mol. The van der Waals surface area contributed by atoms with E-state index < -0.39 is 15.8 Å². The van der Waals surface area contributed by atoms with Gasteiger partial charge in [-0.3, -0.25) is 0 Å². The smallest absolute Gasteiger partial charge is 0.243 e. The Kier molecular flexibility index (Phi) is 4.80. The van der Waals surface area contributed by atoms with Crippen molar-refractivity contribution >= 4 is 44.1 Å². The second-order valence-corrected chi connectivity index (χ2v) is 9.70. The lowest BCUT2D eigenvalue weighted by molar-refractivity contribution is 0.382. The molecular formula is C20H18ClFN6O2S. The van der Waals surface area contributed by atoms with E-state index in [1.807, 2.05) is 22.3 Å². The fourth-order valence-corrected chi connectivity index (χ4v) is 5.41. The molecule has 1 aliphatic heterocycles. The van der Waals surface area contributed by atoms with E-state index >= 15 is 0 Å². The molecule has 0 saturated carbocycles. The van der Waals surface area contributed by atoms with Crippen LogP contribution in [0.25, 0.3) is 16.6 Å². The molecule has 160 valence electrons. The monoisotopic (exact) mass is 460 g/mol. The summed E-state index contributed by atoms with van der Waals surface area (Å²) in [5, 5.41) is 9.91. The summed E-state index contributed by atoms with van der Waals surface area (Å²) >= 11 is 6.16. The third-order valence-corrected chi connectivity index (χ3v) is 7.57. The van der Waals surface area contributed by atoms with Gasteiger partial charge in [-0.05, 0) is 49.4 Å². The zero-order valence-electron chi connectivity index (χ0n) is 16.5. The average molecular weight is 461 g/mol. The number of aromatic nitrogens is 4. The van der Waals surface area contributed by atoms with Crippen LogP contribution in [0.1, 0.15) is 5.82 Å². The van der Waals surface area contributed by atoms with Crippen LogP contribution in [0.5, 0.6) is 0 Å². The first-order chi connectivity index (χ1) is 14.8. The molecule has 1 aliphatic rings. The molecule has 8 nitrogen and oxygen atoms in total. The number of halogens is 2. The molecule has 2 aromatic heterocycles. The standard InChI is InChI=1S/C20H18ClFN6O2S/c1-13-24-25-19-17-7-2-14(21)12-18(17)23-20(28(13)19)26-8-10-27(11-9-26)31(29,30)16-5-3-15(22)4-6-16/h2-7,12H,8-11H2,1H3. The van der Waals surface area contributed by atoms with Gasteiger partial charge in [-0.2, -0.15) is 4.31 Å². The van der Waals surface area contributed by atoms with E-state index in [2.05, 4.69) is 10.2 Å². The van der Waals surface area contributed by atoms with E-state index in [9.17, 15) is 12.8 Å². The number of aryl methyl sites for hydroxylation is 1. The minimum atomic E-state index is -3.69.